The first-order valence-corrected chi connectivity index (χ1v) is 8.34. The molecule has 1 aliphatic rings. The number of hydrogen-bond acceptors (Lipinski definition) is 5. The lowest BCUT2D eigenvalue weighted by molar-refractivity contribution is -0.0522. The van der Waals surface area contributed by atoms with Gasteiger partial charge in [0.15, 0.2) is 6.29 Å². The molecule has 0 saturated carbocycles. The first kappa shape index (κ1) is 14.6. The van der Waals surface area contributed by atoms with E-state index in [1.807, 2.05) is 47.1 Å². The number of nitrogens with zero attached hydrogens (tertiary/aromatic N) is 5. The molecule has 1 fully saturated rings. The van der Waals surface area contributed by atoms with Gasteiger partial charge in [-0.3, -0.25) is 0 Å². The van der Waals surface area contributed by atoms with E-state index in [1.165, 1.54) is 0 Å². The van der Waals surface area contributed by atoms with Crippen molar-refractivity contribution in [1.82, 2.24) is 24.5 Å². The highest BCUT2D eigenvalue weighted by molar-refractivity contribution is 5.76. The molecule has 7 heteroatoms. The van der Waals surface area contributed by atoms with Gasteiger partial charge in [0.2, 0.25) is 0 Å². The molecule has 126 valence electrons. The zero-order valence-electron chi connectivity index (χ0n) is 13.6. The van der Waals surface area contributed by atoms with E-state index in [9.17, 15) is 0 Å². The van der Waals surface area contributed by atoms with Crippen molar-refractivity contribution in [3.8, 4) is 0 Å². The minimum atomic E-state index is -0.233. The van der Waals surface area contributed by atoms with Crippen molar-refractivity contribution in [2.45, 2.75) is 19.4 Å². The summed E-state index contributed by atoms with van der Waals surface area (Å²) in [6, 6.07) is 16.0. The van der Waals surface area contributed by atoms with E-state index in [2.05, 4.69) is 20.9 Å². The van der Waals surface area contributed by atoms with Gasteiger partial charge >= 0.3 is 0 Å². The summed E-state index contributed by atoms with van der Waals surface area (Å²) in [5.41, 5.74) is 3.91. The van der Waals surface area contributed by atoms with Gasteiger partial charge in [-0.15, -0.1) is 5.10 Å². The van der Waals surface area contributed by atoms with Crippen LogP contribution in [0, 0.1) is 0 Å². The van der Waals surface area contributed by atoms with E-state index in [1.54, 1.807) is 0 Å². The maximum Gasteiger partial charge on any atom is 0.175 e. The Morgan fingerprint density at radius 1 is 0.920 bits per heavy atom. The summed E-state index contributed by atoms with van der Waals surface area (Å²) in [5, 5.41) is 8.51. The average Bonchev–Trinajstić information content (AvgIpc) is 3.37. The van der Waals surface area contributed by atoms with E-state index in [4.69, 9.17) is 14.5 Å². The molecule has 0 atom stereocenters. The fourth-order valence-electron chi connectivity index (χ4n) is 3.28. The fraction of sp³-hybridized carbons (Fsp3) is 0.278. The summed E-state index contributed by atoms with van der Waals surface area (Å²) in [6.07, 6.45) is -0.233. The molecule has 1 saturated heterocycles. The molecule has 25 heavy (non-hydrogen) atoms. The van der Waals surface area contributed by atoms with Crippen LogP contribution in [0.1, 0.15) is 5.82 Å². The van der Waals surface area contributed by atoms with Gasteiger partial charge in [0.05, 0.1) is 36.3 Å². The molecule has 2 aromatic heterocycles. The molecule has 0 spiro atoms. The third-order valence-electron chi connectivity index (χ3n) is 4.47. The van der Waals surface area contributed by atoms with E-state index in [-0.39, 0.29) is 6.29 Å². The summed E-state index contributed by atoms with van der Waals surface area (Å²) in [5.74, 6) is 0.913. The molecule has 0 aliphatic carbocycles. The van der Waals surface area contributed by atoms with Gasteiger partial charge in [-0.1, -0.05) is 29.5 Å². The van der Waals surface area contributed by atoms with E-state index in [0.29, 0.717) is 26.3 Å². The van der Waals surface area contributed by atoms with Crippen LogP contribution in [0.25, 0.3) is 22.1 Å². The number of benzene rings is 2. The van der Waals surface area contributed by atoms with Crippen molar-refractivity contribution in [2.24, 2.45) is 0 Å². The van der Waals surface area contributed by atoms with Crippen LogP contribution in [0.2, 0.25) is 0 Å². The molecule has 7 nitrogen and oxygen atoms in total. The second kappa shape index (κ2) is 5.94. The summed E-state index contributed by atoms with van der Waals surface area (Å²) in [4.78, 5) is 4.80. The highest BCUT2D eigenvalue weighted by atomic mass is 16.7. The van der Waals surface area contributed by atoms with Crippen molar-refractivity contribution in [2.75, 3.05) is 13.2 Å². The molecule has 4 aromatic rings. The molecule has 0 radical (unpaired) electrons. The summed E-state index contributed by atoms with van der Waals surface area (Å²) >= 11 is 0. The number of hydrogen-bond donors (Lipinski definition) is 0. The van der Waals surface area contributed by atoms with Gasteiger partial charge in [0.1, 0.15) is 17.9 Å². The molecular formula is C18H17N5O2. The Morgan fingerprint density at radius 2 is 1.64 bits per heavy atom. The monoisotopic (exact) mass is 335 g/mol. The van der Waals surface area contributed by atoms with Crippen LogP contribution in [-0.2, 0) is 22.6 Å². The summed E-state index contributed by atoms with van der Waals surface area (Å²) < 4.78 is 15.3. The van der Waals surface area contributed by atoms with E-state index in [0.717, 1.165) is 27.9 Å². The second-order valence-electron chi connectivity index (χ2n) is 6.03. The smallest absolute Gasteiger partial charge is 0.175 e. The van der Waals surface area contributed by atoms with Crippen molar-refractivity contribution in [1.29, 1.82) is 0 Å². The highest BCUT2D eigenvalue weighted by Gasteiger charge is 2.20. The van der Waals surface area contributed by atoms with Crippen molar-refractivity contribution >= 4 is 22.1 Å². The summed E-state index contributed by atoms with van der Waals surface area (Å²) in [6.45, 7) is 2.44. The van der Waals surface area contributed by atoms with Crippen LogP contribution in [0.5, 0.6) is 0 Å². The van der Waals surface area contributed by atoms with Gasteiger partial charge < -0.3 is 14.0 Å². The zero-order chi connectivity index (χ0) is 16.6. The van der Waals surface area contributed by atoms with Gasteiger partial charge in [0, 0.05) is 0 Å². The molecule has 0 amide bonds. The molecule has 0 N–H and O–H groups in total. The fourth-order valence-corrected chi connectivity index (χ4v) is 3.28. The Bertz CT molecular complexity index is 1030. The van der Waals surface area contributed by atoms with E-state index >= 15 is 0 Å². The maximum absolute atomic E-state index is 5.63. The van der Waals surface area contributed by atoms with Gasteiger partial charge in [-0.25, -0.2) is 9.67 Å². The van der Waals surface area contributed by atoms with Gasteiger partial charge in [0.25, 0.3) is 0 Å². The van der Waals surface area contributed by atoms with Crippen molar-refractivity contribution in [3.05, 3.63) is 54.4 Å². The molecule has 3 heterocycles. The Hall–Kier alpha value is -2.77. The predicted octanol–water partition coefficient (Wildman–Crippen LogP) is 2.20. The molecule has 0 unspecified atom stereocenters. The van der Waals surface area contributed by atoms with Crippen molar-refractivity contribution < 1.29 is 9.47 Å². The molecular weight excluding hydrogens is 318 g/mol. The molecule has 1 aliphatic heterocycles. The lowest BCUT2D eigenvalue weighted by Crippen LogP contribution is -2.20. The Kier molecular flexibility index (Phi) is 3.46. The minimum Gasteiger partial charge on any atom is -0.348 e. The minimum absolute atomic E-state index is 0.233. The van der Waals surface area contributed by atoms with E-state index < -0.39 is 0 Å². The van der Waals surface area contributed by atoms with Crippen LogP contribution >= 0.6 is 0 Å². The standard InChI is InChI=1S/C18H17N5O2/c1-3-7-15-13(5-1)19-17(22(15)12-18-24-9-10-25-18)11-23-16-8-4-2-6-14(16)20-21-23/h1-8,18H,9-12H2. The quantitative estimate of drug-likeness (QED) is 0.572. The van der Waals surface area contributed by atoms with Gasteiger partial charge in [-0.2, -0.15) is 0 Å². The third-order valence-corrected chi connectivity index (χ3v) is 4.47. The zero-order valence-corrected chi connectivity index (χ0v) is 13.6. The number of para-hydroxylation sites is 3. The third kappa shape index (κ3) is 2.57. The number of aromatic nitrogens is 5. The van der Waals surface area contributed by atoms with Gasteiger partial charge in [-0.05, 0) is 24.3 Å². The lowest BCUT2D eigenvalue weighted by atomic mass is 10.3. The second-order valence-corrected chi connectivity index (χ2v) is 6.03. The van der Waals surface area contributed by atoms with Crippen molar-refractivity contribution in [3.63, 3.8) is 0 Å². The first-order chi connectivity index (χ1) is 12.4. The first-order valence-electron chi connectivity index (χ1n) is 8.34. The average molecular weight is 335 g/mol. The van der Waals surface area contributed by atoms with Crippen LogP contribution < -0.4 is 0 Å². The molecule has 5 rings (SSSR count). The Labute approximate surface area is 143 Å². The number of rotatable bonds is 4. The lowest BCUT2D eigenvalue weighted by Gasteiger charge is -2.14. The van der Waals surface area contributed by atoms with Crippen LogP contribution in [0.15, 0.2) is 48.5 Å². The summed E-state index contributed by atoms with van der Waals surface area (Å²) in [7, 11) is 0. The van der Waals surface area contributed by atoms with Crippen LogP contribution in [-0.4, -0.2) is 44.0 Å². The Morgan fingerprint density at radius 3 is 2.48 bits per heavy atom. The number of ether oxygens (including phenoxy) is 2. The molecule has 0 bridgehead atoms. The van der Waals surface area contributed by atoms with Crippen LogP contribution in [0.3, 0.4) is 0 Å². The SMILES string of the molecule is c1ccc2c(c1)nnn2Cc1nc2ccccc2n1CC1OCCO1. The predicted molar refractivity (Wildman–Crippen MR) is 92.1 cm³/mol. The topological polar surface area (TPSA) is 67.0 Å². The normalized spacial score (nSPS) is 15.5. The van der Waals surface area contributed by atoms with Crippen LogP contribution in [0.4, 0.5) is 0 Å². The maximum atomic E-state index is 5.63. The number of imidazole rings is 1. The highest BCUT2D eigenvalue weighted by Crippen LogP contribution is 2.20. The largest absolute Gasteiger partial charge is 0.348 e. The molecule has 2 aromatic carbocycles. The Balaban J connectivity index is 1.57. The number of fused-ring (bicyclic) bond motifs is 2.